The Labute approximate surface area is 259 Å². The minimum absolute atomic E-state index is 1.15. The molecule has 0 aliphatic rings. The molecule has 0 saturated carbocycles. The lowest BCUT2D eigenvalue weighted by Crippen LogP contribution is -2.09. The van der Waals surface area contributed by atoms with E-state index in [0.717, 1.165) is 11.4 Å². The lowest BCUT2D eigenvalue weighted by molar-refractivity contribution is 1.31. The summed E-state index contributed by atoms with van der Waals surface area (Å²) in [6.07, 6.45) is 0. The van der Waals surface area contributed by atoms with Gasteiger partial charge >= 0.3 is 0 Å². The van der Waals surface area contributed by atoms with Crippen LogP contribution in [-0.4, -0.2) is 0 Å². The van der Waals surface area contributed by atoms with Gasteiger partial charge in [0, 0.05) is 32.2 Å². The van der Waals surface area contributed by atoms with Crippen molar-refractivity contribution in [3.63, 3.8) is 0 Å². The highest BCUT2D eigenvalue weighted by Gasteiger charge is 2.20. The number of thiophene rings is 1. The number of anilines is 3. The van der Waals surface area contributed by atoms with E-state index >= 15 is 0 Å². The molecule has 1 aromatic heterocycles. The Morgan fingerprint density at radius 3 is 1.84 bits per heavy atom. The van der Waals surface area contributed by atoms with Crippen LogP contribution in [0.1, 0.15) is 0 Å². The predicted molar refractivity (Wildman–Crippen MR) is 192 cm³/mol. The van der Waals surface area contributed by atoms with Crippen molar-refractivity contribution in [3.05, 3.63) is 164 Å². The standard InChI is InChI=1S/C42H27NS/c1-2-16-31(17-3-1)43(32-25-24-28-12-4-5-14-30(28)26-32)40-23-11-22-37-39-27-38(34-21-10-15-29-13-6-7-18-33(29)34)35-19-8-9-20-36(35)41(39)44-42(37)40/h1-27H. The monoisotopic (exact) mass is 577 g/mol. The Kier molecular flexibility index (Phi) is 5.75. The fourth-order valence-corrected chi connectivity index (χ4v) is 8.11. The third-order valence-corrected chi connectivity index (χ3v) is 10.1. The largest absolute Gasteiger partial charge is 0.309 e. The van der Waals surface area contributed by atoms with Crippen molar-refractivity contribution in [1.29, 1.82) is 0 Å². The SMILES string of the molecule is c1ccc(N(c2ccc3ccccc3c2)c2cccc3c2sc2c4ccccc4c(-c4cccc5ccccc45)cc32)cc1. The molecule has 9 aromatic rings. The van der Waals surface area contributed by atoms with Crippen LogP contribution in [0.2, 0.25) is 0 Å². The van der Waals surface area contributed by atoms with E-state index in [1.54, 1.807) is 0 Å². The molecule has 2 heteroatoms. The van der Waals surface area contributed by atoms with Crippen LogP contribution in [0.15, 0.2) is 164 Å². The minimum atomic E-state index is 1.15. The van der Waals surface area contributed by atoms with E-state index in [1.165, 1.54) is 69.3 Å². The predicted octanol–water partition coefficient (Wildman–Crippen LogP) is 12.7. The first-order valence-electron chi connectivity index (χ1n) is 15.0. The highest BCUT2D eigenvalue weighted by atomic mass is 32.1. The van der Waals surface area contributed by atoms with Crippen LogP contribution < -0.4 is 4.90 Å². The molecule has 0 unspecified atom stereocenters. The second kappa shape index (κ2) is 10.1. The maximum absolute atomic E-state index is 2.44. The van der Waals surface area contributed by atoms with Gasteiger partial charge in [0.05, 0.1) is 10.4 Å². The van der Waals surface area contributed by atoms with Crippen molar-refractivity contribution in [2.75, 3.05) is 4.90 Å². The fraction of sp³-hybridized carbons (Fsp3) is 0. The van der Waals surface area contributed by atoms with Gasteiger partial charge in [-0.05, 0) is 74.5 Å². The molecule has 0 N–H and O–H groups in total. The molecule has 0 aliphatic heterocycles. The molecule has 1 nitrogen and oxygen atoms in total. The highest BCUT2D eigenvalue weighted by molar-refractivity contribution is 7.27. The average Bonchev–Trinajstić information content (AvgIpc) is 3.48. The first kappa shape index (κ1) is 25.1. The number of hydrogen-bond donors (Lipinski definition) is 0. The van der Waals surface area contributed by atoms with Crippen LogP contribution in [-0.2, 0) is 0 Å². The molecule has 44 heavy (non-hydrogen) atoms. The number of rotatable bonds is 4. The minimum Gasteiger partial charge on any atom is -0.309 e. The quantitative estimate of drug-likeness (QED) is 0.201. The van der Waals surface area contributed by atoms with Gasteiger partial charge in [-0.2, -0.15) is 0 Å². The van der Waals surface area contributed by atoms with Crippen LogP contribution in [0, 0.1) is 0 Å². The summed E-state index contributed by atoms with van der Waals surface area (Å²) in [6, 6.07) is 59.6. The molecule has 1 heterocycles. The van der Waals surface area contributed by atoms with Crippen LogP contribution >= 0.6 is 11.3 Å². The van der Waals surface area contributed by atoms with Gasteiger partial charge < -0.3 is 4.90 Å². The van der Waals surface area contributed by atoms with Crippen LogP contribution in [0.4, 0.5) is 17.1 Å². The first-order chi connectivity index (χ1) is 21.8. The van der Waals surface area contributed by atoms with E-state index in [0.29, 0.717) is 0 Å². The zero-order chi connectivity index (χ0) is 29.0. The number of benzene rings is 8. The number of para-hydroxylation sites is 1. The number of hydrogen-bond acceptors (Lipinski definition) is 2. The van der Waals surface area contributed by atoms with Crippen molar-refractivity contribution in [1.82, 2.24) is 0 Å². The van der Waals surface area contributed by atoms with Crippen molar-refractivity contribution in [2.24, 2.45) is 0 Å². The second-order valence-electron chi connectivity index (χ2n) is 11.3. The van der Waals surface area contributed by atoms with Crippen LogP contribution in [0.25, 0.3) is 63.6 Å². The second-order valence-corrected chi connectivity index (χ2v) is 12.4. The van der Waals surface area contributed by atoms with Crippen molar-refractivity contribution in [2.45, 2.75) is 0 Å². The summed E-state index contributed by atoms with van der Waals surface area (Å²) in [4.78, 5) is 2.41. The first-order valence-corrected chi connectivity index (χ1v) is 15.8. The molecular weight excluding hydrogens is 551 g/mol. The topological polar surface area (TPSA) is 3.24 Å². The molecule has 0 spiro atoms. The Balaban J connectivity index is 1.35. The molecule has 0 radical (unpaired) electrons. The number of fused-ring (bicyclic) bond motifs is 7. The zero-order valence-corrected chi connectivity index (χ0v) is 24.8. The Morgan fingerprint density at radius 1 is 0.341 bits per heavy atom. The van der Waals surface area contributed by atoms with Gasteiger partial charge in [-0.25, -0.2) is 0 Å². The molecule has 9 rings (SSSR count). The van der Waals surface area contributed by atoms with E-state index in [9.17, 15) is 0 Å². The van der Waals surface area contributed by atoms with Gasteiger partial charge in [0.15, 0.2) is 0 Å². The molecule has 0 bridgehead atoms. The lowest BCUT2D eigenvalue weighted by Gasteiger charge is -2.26. The van der Waals surface area contributed by atoms with Crippen molar-refractivity contribution < 1.29 is 0 Å². The summed E-state index contributed by atoms with van der Waals surface area (Å²) < 4.78 is 2.62. The van der Waals surface area contributed by atoms with E-state index in [1.807, 2.05) is 11.3 Å². The van der Waals surface area contributed by atoms with Gasteiger partial charge in [-0.1, -0.05) is 127 Å². The highest BCUT2D eigenvalue weighted by Crippen LogP contribution is 2.48. The maximum atomic E-state index is 2.44. The molecular formula is C42H27NS. The summed E-state index contributed by atoms with van der Waals surface area (Å²) in [7, 11) is 0. The summed E-state index contributed by atoms with van der Waals surface area (Å²) in [5, 5.41) is 10.2. The van der Waals surface area contributed by atoms with Gasteiger partial charge in [0.2, 0.25) is 0 Å². The Bertz CT molecular complexity index is 2500. The molecule has 0 fully saturated rings. The third kappa shape index (κ3) is 3.92. The molecule has 206 valence electrons. The van der Waals surface area contributed by atoms with E-state index in [-0.39, 0.29) is 0 Å². The van der Waals surface area contributed by atoms with Crippen molar-refractivity contribution in [3.8, 4) is 11.1 Å². The van der Waals surface area contributed by atoms with Crippen LogP contribution in [0.5, 0.6) is 0 Å². The normalized spacial score (nSPS) is 11.6. The van der Waals surface area contributed by atoms with Gasteiger partial charge in [0.25, 0.3) is 0 Å². The van der Waals surface area contributed by atoms with Gasteiger partial charge in [-0.15, -0.1) is 11.3 Å². The smallest absolute Gasteiger partial charge is 0.0640 e. The van der Waals surface area contributed by atoms with E-state index < -0.39 is 0 Å². The summed E-state index contributed by atoms with van der Waals surface area (Å²) >= 11 is 1.90. The molecule has 0 atom stereocenters. The average molecular weight is 578 g/mol. The Hall–Kier alpha value is -5.44. The van der Waals surface area contributed by atoms with Gasteiger partial charge in [0.1, 0.15) is 0 Å². The zero-order valence-electron chi connectivity index (χ0n) is 23.9. The lowest BCUT2D eigenvalue weighted by atomic mass is 9.92. The maximum Gasteiger partial charge on any atom is 0.0640 e. The van der Waals surface area contributed by atoms with E-state index in [2.05, 4.69) is 169 Å². The fourth-order valence-electron chi connectivity index (χ4n) is 6.78. The van der Waals surface area contributed by atoms with E-state index in [4.69, 9.17) is 0 Å². The summed E-state index contributed by atoms with van der Waals surface area (Å²) in [5.74, 6) is 0. The molecule has 0 amide bonds. The summed E-state index contributed by atoms with van der Waals surface area (Å²) in [5.41, 5.74) is 6.05. The third-order valence-electron chi connectivity index (χ3n) is 8.81. The summed E-state index contributed by atoms with van der Waals surface area (Å²) in [6.45, 7) is 0. The van der Waals surface area contributed by atoms with Crippen LogP contribution in [0.3, 0.4) is 0 Å². The molecule has 8 aromatic carbocycles. The van der Waals surface area contributed by atoms with Crippen molar-refractivity contribution >= 4 is 80.9 Å². The molecule has 0 aliphatic carbocycles. The molecule has 0 saturated heterocycles. The van der Waals surface area contributed by atoms with Gasteiger partial charge in [-0.3, -0.25) is 0 Å². The Morgan fingerprint density at radius 2 is 0.977 bits per heavy atom. The number of nitrogens with zero attached hydrogens (tertiary/aromatic N) is 1.